The van der Waals surface area contributed by atoms with Gasteiger partial charge in [0.1, 0.15) is 5.82 Å². The van der Waals surface area contributed by atoms with Gasteiger partial charge < -0.3 is 15.5 Å². The second-order valence-electron chi connectivity index (χ2n) is 5.24. The lowest BCUT2D eigenvalue weighted by molar-refractivity contribution is 0.425. The van der Waals surface area contributed by atoms with Gasteiger partial charge in [-0.1, -0.05) is 0 Å². The molecule has 1 aromatic heterocycles. The van der Waals surface area contributed by atoms with E-state index < -0.39 is 9.84 Å². The van der Waals surface area contributed by atoms with Crippen molar-refractivity contribution in [2.75, 3.05) is 49.3 Å². The number of nitrogens with one attached hydrogen (secondary N) is 2. The number of rotatable bonds is 6. The van der Waals surface area contributed by atoms with Gasteiger partial charge in [-0.2, -0.15) is 4.98 Å². The highest BCUT2D eigenvalue weighted by Crippen LogP contribution is 2.15. The Morgan fingerprint density at radius 1 is 1.45 bits per heavy atom. The zero-order chi connectivity index (χ0) is 14.6. The molecule has 1 aromatic rings. The van der Waals surface area contributed by atoms with E-state index in [4.69, 9.17) is 0 Å². The summed E-state index contributed by atoms with van der Waals surface area (Å²) in [6.07, 6.45) is 2.28. The van der Waals surface area contributed by atoms with Crippen LogP contribution in [0.5, 0.6) is 0 Å². The Bertz CT molecular complexity index is 547. The standard InChI is InChI=1S/C12H21N5O2S/c1-17(2)7-6-13-11-3-5-14-12(16-11)15-10-4-8-20(18,19)9-10/h3,5,10H,4,6-9H2,1-2H3,(H2,13,14,15,16). The third-order valence-corrected chi connectivity index (χ3v) is 4.85. The quantitative estimate of drug-likeness (QED) is 0.767. The summed E-state index contributed by atoms with van der Waals surface area (Å²) < 4.78 is 22.8. The van der Waals surface area contributed by atoms with Crippen LogP contribution in [-0.2, 0) is 9.84 Å². The Labute approximate surface area is 119 Å². The molecule has 0 saturated carbocycles. The molecular weight excluding hydrogens is 278 g/mol. The molecule has 1 aliphatic heterocycles. The average molecular weight is 299 g/mol. The maximum absolute atomic E-state index is 11.4. The van der Waals surface area contributed by atoms with Gasteiger partial charge in [-0.3, -0.25) is 0 Å². The summed E-state index contributed by atoms with van der Waals surface area (Å²) in [7, 11) is 1.13. The minimum atomic E-state index is -2.89. The van der Waals surface area contributed by atoms with Crippen LogP contribution in [0.4, 0.5) is 11.8 Å². The van der Waals surface area contributed by atoms with Crippen molar-refractivity contribution in [3.63, 3.8) is 0 Å². The Morgan fingerprint density at radius 3 is 2.90 bits per heavy atom. The van der Waals surface area contributed by atoms with Crippen molar-refractivity contribution in [2.45, 2.75) is 12.5 Å². The van der Waals surface area contributed by atoms with Gasteiger partial charge >= 0.3 is 0 Å². The zero-order valence-electron chi connectivity index (χ0n) is 11.8. The van der Waals surface area contributed by atoms with Crippen molar-refractivity contribution in [1.82, 2.24) is 14.9 Å². The third-order valence-electron chi connectivity index (χ3n) is 3.09. The summed E-state index contributed by atoms with van der Waals surface area (Å²) in [4.78, 5) is 10.5. The van der Waals surface area contributed by atoms with Crippen molar-refractivity contribution >= 4 is 21.6 Å². The van der Waals surface area contributed by atoms with E-state index in [1.54, 1.807) is 12.3 Å². The lowest BCUT2D eigenvalue weighted by atomic mass is 10.3. The van der Waals surface area contributed by atoms with Crippen LogP contribution in [0.15, 0.2) is 12.3 Å². The third kappa shape index (κ3) is 4.61. The van der Waals surface area contributed by atoms with Crippen LogP contribution < -0.4 is 10.6 Å². The van der Waals surface area contributed by atoms with Gasteiger partial charge in [0.25, 0.3) is 0 Å². The average Bonchev–Trinajstić information content (AvgIpc) is 2.68. The van der Waals surface area contributed by atoms with E-state index in [0.717, 1.165) is 18.9 Å². The molecule has 20 heavy (non-hydrogen) atoms. The number of anilines is 2. The molecule has 1 unspecified atom stereocenters. The maximum Gasteiger partial charge on any atom is 0.224 e. The number of nitrogens with zero attached hydrogens (tertiary/aromatic N) is 3. The highest BCUT2D eigenvalue weighted by Gasteiger charge is 2.28. The fraction of sp³-hybridized carbons (Fsp3) is 0.667. The number of aromatic nitrogens is 2. The molecule has 2 heterocycles. The first kappa shape index (κ1) is 15.0. The van der Waals surface area contributed by atoms with Gasteiger partial charge in [-0.25, -0.2) is 13.4 Å². The molecule has 0 aliphatic carbocycles. The maximum atomic E-state index is 11.4. The predicted octanol–water partition coefficient (Wildman–Crippen LogP) is 0.0491. The van der Waals surface area contributed by atoms with Gasteiger partial charge in [0.2, 0.25) is 5.95 Å². The van der Waals surface area contributed by atoms with Crippen molar-refractivity contribution < 1.29 is 8.42 Å². The first-order valence-corrected chi connectivity index (χ1v) is 8.45. The molecule has 0 bridgehead atoms. The number of hydrogen-bond acceptors (Lipinski definition) is 7. The molecule has 7 nitrogen and oxygen atoms in total. The van der Waals surface area contributed by atoms with Crippen LogP contribution >= 0.6 is 0 Å². The summed E-state index contributed by atoms with van der Waals surface area (Å²) in [5.41, 5.74) is 0. The molecule has 2 N–H and O–H groups in total. The molecule has 0 amide bonds. The van der Waals surface area contributed by atoms with Gasteiger partial charge in [-0.15, -0.1) is 0 Å². The molecule has 0 spiro atoms. The summed E-state index contributed by atoms with van der Waals surface area (Å²) in [5.74, 6) is 1.62. The van der Waals surface area contributed by atoms with Crippen LogP contribution in [0.25, 0.3) is 0 Å². The van der Waals surface area contributed by atoms with E-state index in [1.165, 1.54) is 0 Å². The molecule has 1 fully saturated rings. The Balaban J connectivity index is 1.89. The van der Waals surface area contributed by atoms with E-state index in [0.29, 0.717) is 12.4 Å². The fourth-order valence-electron chi connectivity index (χ4n) is 2.03. The Kier molecular flexibility index (Phi) is 4.77. The fourth-order valence-corrected chi connectivity index (χ4v) is 3.70. The normalized spacial score (nSPS) is 21.1. The van der Waals surface area contributed by atoms with Crippen LogP contribution in [-0.4, -0.2) is 68.0 Å². The molecule has 0 radical (unpaired) electrons. The predicted molar refractivity (Wildman–Crippen MR) is 79.8 cm³/mol. The van der Waals surface area contributed by atoms with Crippen molar-refractivity contribution in [3.05, 3.63) is 12.3 Å². The molecule has 1 aliphatic rings. The monoisotopic (exact) mass is 299 g/mol. The second kappa shape index (κ2) is 6.36. The second-order valence-corrected chi connectivity index (χ2v) is 7.47. The van der Waals surface area contributed by atoms with E-state index in [9.17, 15) is 8.42 Å². The van der Waals surface area contributed by atoms with Crippen LogP contribution in [0.3, 0.4) is 0 Å². The molecule has 1 atom stereocenters. The summed E-state index contributed by atoms with van der Waals surface area (Å²) >= 11 is 0. The van der Waals surface area contributed by atoms with Crippen molar-refractivity contribution in [2.24, 2.45) is 0 Å². The van der Waals surface area contributed by atoms with Gasteiger partial charge in [0.15, 0.2) is 9.84 Å². The largest absolute Gasteiger partial charge is 0.369 e. The summed E-state index contributed by atoms with van der Waals surface area (Å²) in [6.45, 7) is 1.70. The van der Waals surface area contributed by atoms with Gasteiger partial charge in [0.05, 0.1) is 11.5 Å². The Morgan fingerprint density at radius 2 is 2.25 bits per heavy atom. The first-order valence-electron chi connectivity index (χ1n) is 6.63. The number of hydrogen-bond donors (Lipinski definition) is 2. The number of likely N-dealkylation sites (N-methyl/N-ethyl adjacent to an activating group) is 1. The van der Waals surface area contributed by atoms with Gasteiger partial charge in [-0.05, 0) is 26.6 Å². The molecule has 2 rings (SSSR count). The molecule has 8 heteroatoms. The first-order chi connectivity index (χ1) is 9.44. The Hall–Kier alpha value is -1.41. The van der Waals surface area contributed by atoms with Crippen LogP contribution in [0.2, 0.25) is 0 Å². The molecular formula is C12H21N5O2S. The smallest absolute Gasteiger partial charge is 0.224 e. The molecule has 0 aromatic carbocycles. The minimum absolute atomic E-state index is 0.0861. The molecule has 1 saturated heterocycles. The van der Waals surface area contributed by atoms with E-state index in [-0.39, 0.29) is 17.5 Å². The van der Waals surface area contributed by atoms with Crippen LogP contribution in [0.1, 0.15) is 6.42 Å². The SMILES string of the molecule is CN(C)CCNc1ccnc(NC2CCS(=O)(=O)C2)n1. The lowest BCUT2D eigenvalue weighted by Gasteiger charge is -2.13. The number of sulfone groups is 1. The summed E-state index contributed by atoms with van der Waals surface area (Å²) in [6, 6.07) is 1.71. The van der Waals surface area contributed by atoms with E-state index in [1.807, 2.05) is 14.1 Å². The minimum Gasteiger partial charge on any atom is -0.369 e. The van der Waals surface area contributed by atoms with E-state index >= 15 is 0 Å². The van der Waals surface area contributed by atoms with Gasteiger partial charge in [0, 0.05) is 25.3 Å². The van der Waals surface area contributed by atoms with Crippen molar-refractivity contribution in [1.29, 1.82) is 0 Å². The topological polar surface area (TPSA) is 87.2 Å². The van der Waals surface area contributed by atoms with E-state index in [2.05, 4.69) is 25.5 Å². The lowest BCUT2D eigenvalue weighted by Crippen LogP contribution is -2.23. The highest BCUT2D eigenvalue weighted by atomic mass is 32.2. The highest BCUT2D eigenvalue weighted by molar-refractivity contribution is 7.91. The summed E-state index contributed by atoms with van der Waals surface area (Å²) in [5, 5.41) is 6.29. The van der Waals surface area contributed by atoms with Crippen LogP contribution in [0, 0.1) is 0 Å². The van der Waals surface area contributed by atoms with Crippen molar-refractivity contribution in [3.8, 4) is 0 Å². The molecule has 112 valence electrons. The zero-order valence-corrected chi connectivity index (χ0v) is 12.7.